The number of non-ortho nitro benzene ring substituents is 1. The third kappa shape index (κ3) is 6.00. The zero-order valence-corrected chi connectivity index (χ0v) is 17.0. The lowest BCUT2D eigenvalue weighted by Gasteiger charge is -2.14. The number of methoxy groups -OCH3 is 3. The van der Waals surface area contributed by atoms with E-state index in [1.807, 2.05) is 25.1 Å². The molecular weight excluding hydrogens is 376 g/mol. The fourth-order valence-corrected chi connectivity index (χ4v) is 2.70. The average molecular weight is 402 g/mol. The summed E-state index contributed by atoms with van der Waals surface area (Å²) < 4.78 is 16.1. The zero-order valence-electron chi connectivity index (χ0n) is 17.0. The lowest BCUT2D eigenvalue weighted by atomic mass is 10.2. The Labute approximate surface area is 169 Å². The Morgan fingerprint density at radius 2 is 1.72 bits per heavy atom. The number of aliphatic imine (C=N–C) groups is 1. The first-order valence-electron chi connectivity index (χ1n) is 9.06. The fourth-order valence-electron chi connectivity index (χ4n) is 2.70. The van der Waals surface area contributed by atoms with E-state index < -0.39 is 4.92 Å². The number of nitrogens with zero attached hydrogens (tertiary/aromatic N) is 2. The van der Waals surface area contributed by atoms with Crippen molar-refractivity contribution in [3.63, 3.8) is 0 Å². The quantitative estimate of drug-likeness (QED) is 0.287. The largest absolute Gasteiger partial charge is 0.493 e. The van der Waals surface area contributed by atoms with Crippen LogP contribution in [0.3, 0.4) is 0 Å². The van der Waals surface area contributed by atoms with Crippen LogP contribution < -0.4 is 24.8 Å². The number of hydrogen-bond acceptors (Lipinski definition) is 6. The maximum Gasteiger partial charge on any atom is 0.269 e. The number of nitro groups is 1. The number of ether oxygens (including phenoxy) is 3. The van der Waals surface area contributed by atoms with Gasteiger partial charge in [0.25, 0.3) is 5.69 Å². The third-order valence-corrected chi connectivity index (χ3v) is 4.07. The van der Waals surface area contributed by atoms with Crippen LogP contribution in [0.4, 0.5) is 5.69 Å². The van der Waals surface area contributed by atoms with E-state index in [-0.39, 0.29) is 5.69 Å². The number of nitro benzene ring substituents is 1. The molecule has 9 nitrogen and oxygen atoms in total. The van der Waals surface area contributed by atoms with E-state index >= 15 is 0 Å². The fraction of sp³-hybridized carbons (Fsp3) is 0.350. The van der Waals surface area contributed by atoms with E-state index in [1.54, 1.807) is 27.4 Å². The molecule has 2 N–H and O–H groups in total. The summed E-state index contributed by atoms with van der Waals surface area (Å²) in [7, 11) is 4.68. The molecule has 29 heavy (non-hydrogen) atoms. The van der Waals surface area contributed by atoms with Crippen molar-refractivity contribution < 1.29 is 19.1 Å². The van der Waals surface area contributed by atoms with Gasteiger partial charge in [0.15, 0.2) is 17.5 Å². The lowest BCUT2D eigenvalue weighted by molar-refractivity contribution is -0.384. The molecule has 9 heteroatoms. The van der Waals surface area contributed by atoms with Crippen LogP contribution in [0.15, 0.2) is 41.4 Å². The highest BCUT2D eigenvalue weighted by atomic mass is 16.6. The molecule has 0 bridgehead atoms. The van der Waals surface area contributed by atoms with Gasteiger partial charge in [-0.3, -0.25) is 10.1 Å². The van der Waals surface area contributed by atoms with Gasteiger partial charge >= 0.3 is 0 Å². The first-order chi connectivity index (χ1) is 14.0. The second-order valence-electron chi connectivity index (χ2n) is 6.01. The number of nitrogens with one attached hydrogen (secondary N) is 2. The van der Waals surface area contributed by atoms with Gasteiger partial charge in [-0.15, -0.1) is 0 Å². The van der Waals surface area contributed by atoms with Crippen molar-refractivity contribution >= 4 is 11.6 Å². The van der Waals surface area contributed by atoms with E-state index in [0.29, 0.717) is 42.8 Å². The third-order valence-electron chi connectivity index (χ3n) is 4.07. The molecule has 0 aliphatic heterocycles. The van der Waals surface area contributed by atoms with Crippen LogP contribution in [0.1, 0.15) is 18.1 Å². The Bertz CT molecular complexity index is 845. The van der Waals surface area contributed by atoms with E-state index in [4.69, 9.17) is 14.2 Å². The molecule has 2 rings (SSSR count). The van der Waals surface area contributed by atoms with E-state index in [0.717, 1.165) is 11.1 Å². The lowest BCUT2D eigenvalue weighted by Crippen LogP contribution is -2.36. The predicted octanol–water partition coefficient (Wildman–Crippen LogP) is 2.88. The molecule has 0 radical (unpaired) electrons. The summed E-state index contributed by atoms with van der Waals surface area (Å²) >= 11 is 0. The summed E-state index contributed by atoms with van der Waals surface area (Å²) in [5, 5.41) is 17.3. The molecule has 2 aromatic carbocycles. The molecule has 0 saturated heterocycles. The number of hydrogen-bond donors (Lipinski definition) is 2. The summed E-state index contributed by atoms with van der Waals surface area (Å²) in [6, 6.07) is 10.2. The minimum Gasteiger partial charge on any atom is -0.493 e. The van der Waals surface area contributed by atoms with Gasteiger partial charge in [0, 0.05) is 25.2 Å². The van der Waals surface area contributed by atoms with Gasteiger partial charge in [0.1, 0.15) is 0 Å². The summed E-state index contributed by atoms with van der Waals surface area (Å²) in [6.07, 6.45) is 0. The topological polar surface area (TPSA) is 107 Å². The second kappa shape index (κ2) is 10.7. The monoisotopic (exact) mass is 402 g/mol. The summed E-state index contributed by atoms with van der Waals surface area (Å²) in [6.45, 7) is 3.42. The number of rotatable bonds is 9. The molecule has 156 valence electrons. The van der Waals surface area contributed by atoms with Crippen molar-refractivity contribution in [2.75, 3.05) is 27.9 Å². The summed E-state index contributed by atoms with van der Waals surface area (Å²) in [5.74, 6) is 2.24. The molecule has 0 amide bonds. The van der Waals surface area contributed by atoms with Crippen molar-refractivity contribution in [1.29, 1.82) is 0 Å². The van der Waals surface area contributed by atoms with Crippen LogP contribution in [-0.4, -0.2) is 38.8 Å². The molecule has 0 aromatic heterocycles. The Morgan fingerprint density at radius 3 is 2.28 bits per heavy atom. The molecule has 0 saturated carbocycles. The minimum atomic E-state index is -0.409. The van der Waals surface area contributed by atoms with Gasteiger partial charge in [-0.2, -0.15) is 0 Å². The molecule has 0 heterocycles. The average Bonchev–Trinajstić information content (AvgIpc) is 2.74. The van der Waals surface area contributed by atoms with Crippen molar-refractivity contribution in [3.8, 4) is 17.2 Å². The molecule has 0 spiro atoms. The highest BCUT2D eigenvalue weighted by Gasteiger charge is 2.13. The van der Waals surface area contributed by atoms with Crippen LogP contribution >= 0.6 is 0 Å². The Hall–Kier alpha value is -3.49. The van der Waals surface area contributed by atoms with Crippen LogP contribution in [0, 0.1) is 10.1 Å². The summed E-state index contributed by atoms with van der Waals surface area (Å²) in [5.41, 5.74) is 1.73. The number of benzene rings is 2. The maximum atomic E-state index is 10.9. The molecule has 2 aromatic rings. The molecule has 0 aliphatic rings. The maximum absolute atomic E-state index is 10.9. The standard InChI is InChI=1S/C20H26N4O5/c1-5-21-20(22-12-14-7-6-8-16(9-14)24(25)26)23-13-15-10-17(27-2)19(29-4)18(11-15)28-3/h6-11H,5,12-13H2,1-4H3,(H2,21,22,23). The van der Waals surface area contributed by atoms with Gasteiger partial charge in [-0.1, -0.05) is 12.1 Å². The SMILES string of the molecule is CCNC(=NCc1cc(OC)c(OC)c(OC)c1)NCc1cccc([N+](=O)[O-])c1. The van der Waals surface area contributed by atoms with Gasteiger partial charge < -0.3 is 24.8 Å². The van der Waals surface area contributed by atoms with E-state index in [9.17, 15) is 10.1 Å². The smallest absolute Gasteiger partial charge is 0.269 e. The van der Waals surface area contributed by atoms with Crippen LogP contribution in [0.5, 0.6) is 17.2 Å². The second-order valence-corrected chi connectivity index (χ2v) is 6.01. The molecule has 0 atom stereocenters. The van der Waals surface area contributed by atoms with Gasteiger partial charge in [-0.05, 0) is 30.2 Å². The van der Waals surface area contributed by atoms with Crippen molar-refractivity contribution in [1.82, 2.24) is 10.6 Å². The Morgan fingerprint density at radius 1 is 1.03 bits per heavy atom. The van der Waals surface area contributed by atoms with Crippen LogP contribution in [-0.2, 0) is 13.1 Å². The van der Waals surface area contributed by atoms with Crippen LogP contribution in [0.25, 0.3) is 0 Å². The van der Waals surface area contributed by atoms with Gasteiger partial charge in [-0.25, -0.2) is 4.99 Å². The highest BCUT2D eigenvalue weighted by Crippen LogP contribution is 2.38. The van der Waals surface area contributed by atoms with Crippen molar-refractivity contribution in [2.45, 2.75) is 20.0 Å². The Kier molecular flexibility index (Phi) is 8.08. The number of guanidine groups is 1. The van der Waals surface area contributed by atoms with Crippen molar-refractivity contribution in [2.24, 2.45) is 4.99 Å². The first kappa shape index (κ1) is 21.8. The molecular formula is C20H26N4O5. The molecule has 0 fully saturated rings. The van der Waals surface area contributed by atoms with Crippen LogP contribution in [0.2, 0.25) is 0 Å². The molecule has 0 aliphatic carbocycles. The van der Waals surface area contributed by atoms with Gasteiger partial charge in [0.2, 0.25) is 5.75 Å². The Balaban J connectivity index is 2.14. The normalized spacial score (nSPS) is 11.0. The van der Waals surface area contributed by atoms with Crippen molar-refractivity contribution in [3.05, 3.63) is 57.6 Å². The van der Waals surface area contributed by atoms with Gasteiger partial charge in [0.05, 0.1) is 32.8 Å². The van der Waals surface area contributed by atoms with E-state index in [1.165, 1.54) is 12.1 Å². The summed E-state index contributed by atoms with van der Waals surface area (Å²) in [4.78, 5) is 15.1. The highest BCUT2D eigenvalue weighted by molar-refractivity contribution is 5.79. The first-order valence-corrected chi connectivity index (χ1v) is 9.06. The molecule has 0 unspecified atom stereocenters. The van der Waals surface area contributed by atoms with E-state index in [2.05, 4.69) is 15.6 Å². The predicted molar refractivity (Wildman–Crippen MR) is 111 cm³/mol. The zero-order chi connectivity index (χ0) is 21.2. The minimum absolute atomic E-state index is 0.0589.